The van der Waals surface area contributed by atoms with Crippen LogP contribution < -0.4 is 5.32 Å². The molecule has 1 aliphatic rings. The number of carbonyl (C=O) groups excluding carboxylic acids is 1. The van der Waals surface area contributed by atoms with Crippen LogP contribution in [0.5, 0.6) is 0 Å². The normalized spacial score (nSPS) is 16.3. The molecule has 0 aliphatic carbocycles. The lowest BCUT2D eigenvalue weighted by molar-refractivity contribution is -0.387. The minimum absolute atomic E-state index is 0.139. The molecule has 3 heterocycles. The molecule has 0 unspecified atom stereocenters. The Balaban J connectivity index is 1.58. The lowest BCUT2D eigenvalue weighted by atomic mass is 9.83. The fourth-order valence-corrected chi connectivity index (χ4v) is 6.02. The van der Waals surface area contributed by atoms with E-state index in [9.17, 15) is 14.9 Å². The number of hydrogen-bond donors (Lipinski definition) is 1. The number of rotatable bonds is 8. The lowest BCUT2D eigenvalue weighted by Crippen LogP contribution is -2.38. The zero-order chi connectivity index (χ0) is 22.6. The number of nitrogens with one attached hydrogen (secondary N) is 1. The second-order valence-electron chi connectivity index (χ2n) is 8.19. The van der Waals surface area contributed by atoms with Gasteiger partial charge in [0.1, 0.15) is 9.09 Å². The minimum atomic E-state index is -0.504. The molecule has 3 rings (SSSR count). The zero-order valence-corrected chi connectivity index (χ0v) is 20.5. The van der Waals surface area contributed by atoms with Gasteiger partial charge in [0.05, 0.1) is 19.9 Å². The highest BCUT2D eigenvalue weighted by atomic mass is 35.5. The highest BCUT2D eigenvalue weighted by Crippen LogP contribution is 2.45. The van der Waals surface area contributed by atoms with Crippen LogP contribution >= 0.6 is 46.3 Å². The van der Waals surface area contributed by atoms with E-state index >= 15 is 0 Å². The summed E-state index contributed by atoms with van der Waals surface area (Å²) < 4.78 is 0.348. The Bertz CT molecular complexity index is 938. The summed E-state index contributed by atoms with van der Waals surface area (Å²) in [5.74, 6) is -0.313. The van der Waals surface area contributed by atoms with Gasteiger partial charge in [0.15, 0.2) is 0 Å². The summed E-state index contributed by atoms with van der Waals surface area (Å²) >= 11 is 14.4. The minimum Gasteiger partial charge on any atom is -0.351 e. The molecule has 11 heteroatoms. The molecule has 1 amide bonds. The summed E-state index contributed by atoms with van der Waals surface area (Å²) in [7, 11) is 0. The fourth-order valence-electron chi connectivity index (χ4n) is 3.24. The molecule has 1 saturated heterocycles. The van der Waals surface area contributed by atoms with Gasteiger partial charge in [-0.1, -0.05) is 48.8 Å². The number of nitro groups is 1. The number of piperidine rings is 1. The third-order valence-corrected chi connectivity index (χ3v) is 8.50. The molecular formula is C20H24Cl2N4O3S2. The Labute approximate surface area is 199 Å². The van der Waals surface area contributed by atoms with E-state index in [1.165, 1.54) is 31.3 Å². The third kappa shape index (κ3) is 6.55. The first-order valence-electron chi connectivity index (χ1n) is 9.92. The molecule has 2 aromatic rings. The Kier molecular flexibility index (Phi) is 8.20. The summed E-state index contributed by atoms with van der Waals surface area (Å²) in [4.78, 5) is 30.6. The van der Waals surface area contributed by atoms with Gasteiger partial charge in [0.25, 0.3) is 11.6 Å². The van der Waals surface area contributed by atoms with Crippen molar-refractivity contribution < 1.29 is 9.72 Å². The maximum absolute atomic E-state index is 12.5. The van der Waals surface area contributed by atoms with Gasteiger partial charge >= 0.3 is 0 Å². The maximum atomic E-state index is 12.5. The van der Waals surface area contributed by atoms with E-state index < -0.39 is 4.92 Å². The van der Waals surface area contributed by atoms with Crippen molar-refractivity contribution in [2.45, 2.75) is 42.2 Å². The zero-order valence-electron chi connectivity index (χ0n) is 17.3. The summed E-state index contributed by atoms with van der Waals surface area (Å²) in [5, 5.41) is 15.0. The average molecular weight is 503 g/mol. The van der Waals surface area contributed by atoms with Crippen molar-refractivity contribution in [2.75, 3.05) is 26.2 Å². The van der Waals surface area contributed by atoms with Crippen LogP contribution in [0.4, 0.5) is 5.69 Å². The van der Waals surface area contributed by atoms with E-state index in [1.807, 2.05) is 0 Å². The van der Waals surface area contributed by atoms with Crippen molar-refractivity contribution in [3.8, 4) is 0 Å². The van der Waals surface area contributed by atoms with E-state index in [2.05, 4.69) is 29.0 Å². The first-order valence-corrected chi connectivity index (χ1v) is 12.3. The van der Waals surface area contributed by atoms with Crippen LogP contribution in [0.3, 0.4) is 0 Å². The van der Waals surface area contributed by atoms with Gasteiger partial charge in [-0.3, -0.25) is 19.9 Å². The van der Waals surface area contributed by atoms with Crippen LogP contribution in [0, 0.1) is 15.5 Å². The molecule has 1 fully saturated rings. The van der Waals surface area contributed by atoms with E-state index in [4.69, 9.17) is 23.2 Å². The van der Waals surface area contributed by atoms with Gasteiger partial charge in [-0.25, -0.2) is 0 Å². The highest BCUT2D eigenvalue weighted by molar-refractivity contribution is 8.01. The molecule has 7 nitrogen and oxygen atoms in total. The summed E-state index contributed by atoms with van der Waals surface area (Å²) in [6, 6.07) is 1.30. The van der Waals surface area contributed by atoms with Crippen molar-refractivity contribution in [2.24, 2.45) is 5.41 Å². The van der Waals surface area contributed by atoms with Gasteiger partial charge in [-0.15, -0.1) is 11.3 Å². The number of thiophene rings is 1. The quantitative estimate of drug-likeness (QED) is 0.280. The van der Waals surface area contributed by atoms with E-state index in [-0.39, 0.29) is 16.5 Å². The van der Waals surface area contributed by atoms with Crippen molar-refractivity contribution >= 4 is 57.9 Å². The summed E-state index contributed by atoms with van der Waals surface area (Å²) in [6.45, 7) is 8.22. The van der Waals surface area contributed by atoms with Crippen LogP contribution in [0.2, 0.25) is 10.0 Å². The molecule has 0 atom stereocenters. The van der Waals surface area contributed by atoms with Gasteiger partial charge in [0.2, 0.25) is 0 Å². The fraction of sp³-hybridized carbons (Fsp3) is 0.500. The Morgan fingerprint density at radius 2 is 1.97 bits per heavy atom. The molecule has 0 bridgehead atoms. The standard InChI is InChI=1S/C20H24Cl2N4O3S2/c1-20(2)4-8-25(9-5-20)7-3-6-24-18(27)16-10-15(26(28)29)19(30-16)31-17-13(21)11-23-12-14(17)22/h10-12H,3-9H2,1-2H3,(H,24,27). The molecule has 2 aromatic heterocycles. The number of aromatic nitrogens is 1. The van der Waals surface area contributed by atoms with E-state index in [0.717, 1.165) is 49.2 Å². The molecular weight excluding hydrogens is 479 g/mol. The van der Waals surface area contributed by atoms with Crippen molar-refractivity contribution in [3.63, 3.8) is 0 Å². The van der Waals surface area contributed by atoms with Gasteiger partial charge in [-0.2, -0.15) is 0 Å². The predicted octanol–water partition coefficient (Wildman–Crippen LogP) is 5.75. The number of amides is 1. The van der Waals surface area contributed by atoms with Gasteiger partial charge in [0, 0.05) is 25.0 Å². The maximum Gasteiger partial charge on any atom is 0.294 e. The third-order valence-electron chi connectivity index (χ3n) is 5.25. The lowest BCUT2D eigenvalue weighted by Gasteiger charge is -2.36. The molecule has 1 aliphatic heterocycles. The molecule has 0 saturated carbocycles. The molecule has 0 aromatic carbocycles. The number of nitrogens with zero attached hydrogens (tertiary/aromatic N) is 3. The van der Waals surface area contributed by atoms with Crippen LogP contribution in [0.1, 0.15) is 42.8 Å². The van der Waals surface area contributed by atoms with Crippen molar-refractivity contribution in [1.82, 2.24) is 15.2 Å². The highest BCUT2D eigenvalue weighted by Gasteiger charge is 2.26. The van der Waals surface area contributed by atoms with Crippen LogP contribution in [-0.4, -0.2) is 46.9 Å². The number of pyridine rings is 1. The Hall–Kier alpha value is -1.39. The summed E-state index contributed by atoms with van der Waals surface area (Å²) in [6.07, 6.45) is 6.05. The van der Waals surface area contributed by atoms with Crippen molar-refractivity contribution in [3.05, 3.63) is 43.5 Å². The van der Waals surface area contributed by atoms with Crippen LogP contribution in [0.15, 0.2) is 27.6 Å². The summed E-state index contributed by atoms with van der Waals surface area (Å²) in [5.41, 5.74) is 0.277. The molecule has 0 spiro atoms. The number of halogens is 2. The second kappa shape index (κ2) is 10.5. The number of likely N-dealkylation sites (tertiary alicyclic amines) is 1. The van der Waals surface area contributed by atoms with Gasteiger partial charge < -0.3 is 10.2 Å². The topological polar surface area (TPSA) is 88.4 Å². The average Bonchev–Trinajstić information content (AvgIpc) is 3.13. The molecule has 168 valence electrons. The largest absolute Gasteiger partial charge is 0.351 e. The monoisotopic (exact) mass is 502 g/mol. The molecule has 1 N–H and O–H groups in total. The smallest absolute Gasteiger partial charge is 0.294 e. The van der Waals surface area contributed by atoms with Crippen LogP contribution in [0.25, 0.3) is 0 Å². The van der Waals surface area contributed by atoms with E-state index in [1.54, 1.807) is 0 Å². The molecule has 0 radical (unpaired) electrons. The SMILES string of the molecule is CC1(C)CCN(CCCNC(=O)c2cc([N+](=O)[O-])c(Sc3c(Cl)cncc3Cl)s2)CC1. The van der Waals surface area contributed by atoms with Crippen LogP contribution in [-0.2, 0) is 0 Å². The van der Waals surface area contributed by atoms with E-state index in [0.29, 0.717) is 31.1 Å². The predicted molar refractivity (Wildman–Crippen MR) is 126 cm³/mol. The first-order chi connectivity index (χ1) is 14.7. The Morgan fingerprint density at radius 3 is 2.58 bits per heavy atom. The van der Waals surface area contributed by atoms with Gasteiger partial charge in [-0.05, 0) is 44.3 Å². The molecule has 31 heavy (non-hydrogen) atoms. The number of carbonyl (C=O) groups is 1. The Morgan fingerprint density at radius 1 is 1.32 bits per heavy atom. The number of hydrogen-bond acceptors (Lipinski definition) is 7. The van der Waals surface area contributed by atoms with Crippen molar-refractivity contribution in [1.29, 1.82) is 0 Å². The first kappa shape index (κ1) is 24.3. The second-order valence-corrected chi connectivity index (χ2v) is 11.3.